The van der Waals surface area contributed by atoms with Crippen LogP contribution in [-0.2, 0) is 13.0 Å². The van der Waals surface area contributed by atoms with Crippen LogP contribution in [0.15, 0.2) is 24.3 Å². The van der Waals surface area contributed by atoms with Gasteiger partial charge in [0.15, 0.2) is 0 Å². The monoisotopic (exact) mass is 221 g/mol. The first-order chi connectivity index (χ1) is 7.90. The molecule has 0 amide bonds. The summed E-state index contributed by atoms with van der Waals surface area (Å²) in [5, 5.41) is 3.52. The van der Waals surface area contributed by atoms with Crippen LogP contribution in [0.5, 0.6) is 0 Å². The molecule has 0 radical (unpaired) electrons. The molecule has 1 aromatic carbocycles. The van der Waals surface area contributed by atoms with Gasteiger partial charge in [0.2, 0.25) is 0 Å². The second-order valence-corrected chi connectivity index (χ2v) is 3.46. The van der Waals surface area contributed by atoms with E-state index in [2.05, 4.69) is 36.5 Å². The molecule has 0 saturated heterocycles. The van der Waals surface area contributed by atoms with Crippen LogP contribution in [0.4, 0.5) is 0 Å². The van der Waals surface area contributed by atoms with Crippen molar-refractivity contribution in [3.8, 4) is 0 Å². The Hall–Kier alpha value is -0.820. The molecule has 0 aromatic heterocycles. The third kappa shape index (κ3) is 4.36. The van der Waals surface area contributed by atoms with Crippen LogP contribution < -0.4 is 5.32 Å². The van der Waals surface area contributed by atoms with Gasteiger partial charge in [-0.05, 0) is 24.0 Å². The highest BCUT2D eigenvalue weighted by Crippen LogP contribution is 2.17. The van der Waals surface area contributed by atoms with Crippen LogP contribution >= 0.6 is 0 Å². The minimum atomic E-state index is 0.694. The normalized spacial score (nSPS) is 17.2. The Labute approximate surface area is 101 Å². The van der Waals surface area contributed by atoms with Gasteiger partial charge in [0.1, 0.15) is 0 Å². The molecule has 1 heteroatoms. The maximum absolute atomic E-state index is 3.52. The van der Waals surface area contributed by atoms with Crippen molar-refractivity contribution in [2.45, 2.75) is 60.0 Å². The predicted molar refractivity (Wildman–Crippen MR) is 73.8 cm³/mol. The molecule has 1 N–H and O–H groups in total. The Morgan fingerprint density at radius 1 is 1.06 bits per heavy atom. The Morgan fingerprint density at radius 2 is 1.62 bits per heavy atom. The van der Waals surface area contributed by atoms with Crippen LogP contribution in [0.3, 0.4) is 0 Å². The van der Waals surface area contributed by atoms with Gasteiger partial charge >= 0.3 is 0 Å². The third-order valence-electron chi connectivity index (χ3n) is 2.66. The minimum absolute atomic E-state index is 0.694. The fourth-order valence-electron chi connectivity index (χ4n) is 1.81. The predicted octanol–water partition coefficient (Wildman–Crippen LogP) is 4.16. The number of hydrogen-bond acceptors (Lipinski definition) is 1. The molecule has 1 atom stereocenters. The molecule has 1 aliphatic heterocycles. The van der Waals surface area contributed by atoms with E-state index in [1.54, 1.807) is 0 Å². The van der Waals surface area contributed by atoms with Gasteiger partial charge in [-0.25, -0.2) is 0 Å². The van der Waals surface area contributed by atoms with Gasteiger partial charge in [-0.2, -0.15) is 0 Å². The minimum Gasteiger partial charge on any atom is -0.310 e. The molecule has 0 fully saturated rings. The zero-order valence-electron chi connectivity index (χ0n) is 11.5. The number of rotatable bonds is 1. The molecule has 0 aliphatic carbocycles. The molecule has 92 valence electrons. The molecule has 0 saturated carbocycles. The molecular formula is C15H27N. The summed E-state index contributed by atoms with van der Waals surface area (Å²) < 4.78 is 0. The van der Waals surface area contributed by atoms with Crippen molar-refractivity contribution in [2.75, 3.05) is 0 Å². The summed E-state index contributed by atoms with van der Waals surface area (Å²) in [6, 6.07) is 9.41. The second-order valence-electron chi connectivity index (χ2n) is 3.46. The average molecular weight is 221 g/mol. The summed E-state index contributed by atoms with van der Waals surface area (Å²) >= 11 is 0. The summed E-state index contributed by atoms with van der Waals surface area (Å²) in [5.74, 6) is 0. The summed E-state index contributed by atoms with van der Waals surface area (Å²) in [4.78, 5) is 0. The van der Waals surface area contributed by atoms with Gasteiger partial charge in [0, 0.05) is 12.6 Å². The quantitative estimate of drug-likeness (QED) is 0.750. The summed E-state index contributed by atoms with van der Waals surface area (Å²) in [7, 11) is 0. The van der Waals surface area contributed by atoms with E-state index in [1.807, 2.05) is 27.7 Å². The molecule has 1 aromatic rings. The van der Waals surface area contributed by atoms with Crippen molar-refractivity contribution >= 4 is 0 Å². The van der Waals surface area contributed by atoms with Crippen molar-refractivity contribution in [1.82, 2.24) is 5.32 Å². The molecule has 1 unspecified atom stereocenters. The zero-order valence-corrected chi connectivity index (χ0v) is 11.5. The van der Waals surface area contributed by atoms with Gasteiger partial charge in [-0.1, -0.05) is 58.9 Å². The zero-order chi connectivity index (χ0) is 12.4. The van der Waals surface area contributed by atoms with Crippen LogP contribution in [0.1, 0.15) is 52.2 Å². The van der Waals surface area contributed by atoms with E-state index in [0.717, 1.165) is 6.54 Å². The van der Waals surface area contributed by atoms with Gasteiger partial charge in [-0.3, -0.25) is 0 Å². The first kappa shape index (κ1) is 15.2. The van der Waals surface area contributed by atoms with E-state index in [-0.39, 0.29) is 0 Å². The Bertz CT molecular complexity index is 268. The Balaban J connectivity index is 0.000000509. The van der Waals surface area contributed by atoms with Gasteiger partial charge in [0.25, 0.3) is 0 Å². The van der Waals surface area contributed by atoms with E-state index in [0.29, 0.717) is 6.04 Å². The SMILES string of the molecule is CC.CC.CCC1Cc2ccccc2CN1. The highest BCUT2D eigenvalue weighted by Gasteiger charge is 2.14. The van der Waals surface area contributed by atoms with Crippen LogP contribution in [-0.4, -0.2) is 6.04 Å². The molecule has 16 heavy (non-hydrogen) atoms. The van der Waals surface area contributed by atoms with Crippen molar-refractivity contribution in [2.24, 2.45) is 0 Å². The highest BCUT2D eigenvalue weighted by atomic mass is 14.9. The van der Waals surface area contributed by atoms with E-state index in [9.17, 15) is 0 Å². The van der Waals surface area contributed by atoms with E-state index >= 15 is 0 Å². The maximum atomic E-state index is 3.52. The molecular weight excluding hydrogens is 194 g/mol. The van der Waals surface area contributed by atoms with Gasteiger partial charge in [0.05, 0.1) is 0 Å². The van der Waals surface area contributed by atoms with Crippen LogP contribution in [0, 0.1) is 0 Å². The fraction of sp³-hybridized carbons (Fsp3) is 0.600. The number of benzene rings is 1. The Kier molecular flexibility index (Phi) is 8.93. The van der Waals surface area contributed by atoms with E-state index in [4.69, 9.17) is 0 Å². The summed E-state index contributed by atoms with van der Waals surface area (Å²) in [6.45, 7) is 11.3. The lowest BCUT2D eigenvalue weighted by Gasteiger charge is -2.24. The van der Waals surface area contributed by atoms with Crippen LogP contribution in [0.2, 0.25) is 0 Å². The van der Waals surface area contributed by atoms with E-state index < -0.39 is 0 Å². The van der Waals surface area contributed by atoms with Gasteiger partial charge in [-0.15, -0.1) is 0 Å². The molecule has 1 nitrogen and oxygen atoms in total. The van der Waals surface area contributed by atoms with Crippen molar-refractivity contribution < 1.29 is 0 Å². The average Bonchev–Trinajstić information content (AvgIpc) is 2.42. The van der Waals surface area contributed by atoms with Gasteiger partial charge < -0.3 is 5.32 Å². The molecule has 0 spiro atoms. The summed E-state index contributed by atoms with van der Waals surface area (Å²) in [6.07, 6.45) is 2.43. The standard InChI is InChI=1S/C11H15N.2C2H6/c1-2-11-7-9-5-3-4-6-10(9)8-12-11;2*1-2/h3-6,11-12H,2,7-8H2,1H3;2*1-2H3. The van der Waals surface area contributed by atoms with Crippen LogP contribution in [0.25, 0.3) is 0 Å². The largest absolute Gasteiger partial charge is 0.310 e. The molecule has 0 bridgehead atoms. The Morgan fingerprint density at radius 3 is 2.19 bits per heavy atom. The number of hydrogen-bond donors (Lipinski definition) is 1. The topological polar surface area (TPSA) is 12.0 Å². The fourth-order valence-corrected chi connectivity index (χ4v) is 1.81. The lowest BCUT2D eigenvalue weighted by Crippen LogP contribution is -2.34. The smallest absolute Gasteiger partial charge is 0.0210 e. The number of nitrogens with one attached hydrogen (secondary N) is 1. The molecule has 1 heterocycles. The first-order valence-electron chi connectivity index (χ1n) is 6.70. The number of fused-ring (bicyclic) bond motifs is 1. The van der Waals surface area contributed by atoms with Crippen molar-refractivity contribution in [3.63, 3.8) is 0 Å². The lowest BCUT2D eigenvalue weighted by atomic mass is 9.95. The van der Waals surface area contributed by atoms with Crippen molar-refractivity contribution in [1.29, 1.82) is 0 Å². The molecule has 1 aliphatic rings. The first-order valence-corrected chi connectivity index (χ1v) is 6.70. The van der Waals surface area contributed by atoms with Crippen molar-refractivity contribution in [3.05, 3.63) is 35.4 Å². The maximum Gasteiger partial charge on any atom is 0.0210 e. The summed E-state index contributed by atoms with van der Waals surface area (Å²) in [5.41, 5.74) is 3.00. The molecule has 2 rings (SSSR count). The highest BCUT2D eigenvalue weighted by molar-refractivity contribution is 5.29. The van der Waals surface area contributed by atoms with E-state index in [1.165, 1.54) is 24.0 Å². The third-order valence-corrected chi connectivity index (χ3v) is 2.66. The second kappa shape index (κ2) is 9.41. The lowest BCUT2D eigenvalue weighted by molar-refractivity contribution is 0.468.